The van der Waals surface area contributed by atoms with Gasteiger partial charge >= 0.3 is 0 Å². The molecule has 0 radical (unpaired) electrons. The normalized spacial score (nSPS) is 11.3. The number of carbonyl (C=O) groups excluding carboxylic acids is 1. The van der Waals surface area contributed by atoms with Crippen molar-refractivity contribution in [3.8, 4) is 0 Å². The van der Waals surface area contributed by atoms with Crippen LogP contribution in [-0.4, -0.2) is 25.0 Å². The highest BCUT2D eigenvalue weighted by molar-refractivity contribution is 5.78. The first-order valence-electron chi connectivity index (χ1n) is 6.13. The van der Waals surface area contributed by atoms with Gasteiger partial charge in [0.15, 0.2) is 0 Å². The highest BCUT2D eigenvalue weighted by Gasteiger charge is 2.19. The molecule has 3 nitrogen and oxygen atoms in total. The molecular weight excluding hydrogens is 231 g/mol. The summed E-state index contributed by atoms with van der Waals surface area (Å²) in [6.45, 7) is 4.25. The number of carbonyl (C=O) groups is 1. The molecule has 100 valence electrons. The van der Waals surface area contributed by atoms with Crippen molar-refractivity contribution < 1.29 is 9.18 Å². The lowest BCUT2D eigenvalue weighted by Gasteiger charge is -2.26. The molecule has 2 N–H and O–H groups in total. The maximum Gasteiger partial charge on any atom is 0.234 e. The predicted molar refractivity (Wildman–Crippen MR) is 70.9 cm³/mol. The lowest BCUT2D eigenvalue weighted by atomic mass is 9.95. The van der Waals surface area contributed by atoms with Crippen LogP contribution >= 0.6 is 0 Å². The summed E-state index contributed by atoms with van der Waals surface area (Å²) >= 11 is 0. The Balaban J connectivity index is 2.48. The average molecular weight is 252 g/mol. The minimum Gasteiger partial charge on any atom is -0.350 e. The van der Waals surface area contributed by atoms with E-state index in [0.29, 0.717) is 6.54 Å². The third-order valence-corrected chi connectivity index (χ3v) is 2.74. The van der Waals surface area contributed by atoms with Gasteiger partial charge in [-0.25, -0.2) is 4.39 Å². The third-order valence-electron chi connectivity index (χ3n) is 2.74. The van der Waals surface area contributed by atoms with E-state index in [4.69, 9.17) is 0 Å². The molecule has 0 aliphatic rings. The first kappa shape index (κ1) is 14.6. The van der Waals surface area contributed by atoms with Gasteiger partial charge in [-0.05, 0) is 51.4 Å². The molecule has 1 amide bonds. The molecule has 0 bridgehead atoms. The van der Waals surface area contributed by atoms with Crippen molar-refractivity contribution >= 4 is 5.91 Å². The van der Waals surface area contributed by atoms with E-state index in [1.807, 2.05) is 19.9 Å². The third kappa shape index (κ3) is 5.27. The van der Waals surface area contributed by atoms with Crippen LogP contribution in [0.25, 0.3) is 0 Å². The van der Waals surface area contributed by atoms with Crippen molar-refractivity contribution in [3.05, 3.63) is 35.6 Å². The number of halogens is 1. The van der Waals surface area contributed by atoms with E-state index in [9.17, 15) is 9.18 Å². The Bertz CT molecular complexity index is 405. The Morgan fingerprint density at radius 2 is 2.11 bits per heavy atom. The molecule has 0 fully saturated rings. The Labute approximate surface area is 108 Å². The van der Waals surface area contributed by atoms with Crippen LogP contribution < -0.4 is 10.6 Å². The summed E-state index contributed by atoms with van der Waals surface area (Å²) in [6.07, 6.45) is 1.51. The maximum absolute atomic E-state index is 13.0. The van der Waals surface area contributed by atoms with E-state index in [-0.39, 0.29) is 17.3 Å². The SMILES string of the molecule is CNCC(=O)NC(C)(C)CCc1cccc(F)c1. The van der Waals surface area contributed by atoms with Gasteiger partial charge in [0, 0.05) is 5.54 Å². The van der Waals surface area contributed by atoms with Gasteiger partial charge in [-0.1, -0.05) is 12.1 Å². The van der Waals surface area contributed by atoms with E-state index < -0.39 is 0 Å². The zero-order valence-corrected chi connectivity index (χ0v) is 11.2. The van der Waals surface area contributed by atoms with Gasteiger partial charge < -0.3 is 10.6 Å². The number of rotatable bonds is 6. The van der Waals surface area contributed by atoms with Crippen LogP contribution in [0.5, 0.6) is 0 Å². The van der Waals surface area contributed by atoms with Crippen molar-refractivity contribution in [1.29, 1.82) is 0 Å². The molecule has 0 aromatic heterocycles. The van der Waals surface area contributed by atoms with Crippen molar-refractivity contribution in [2.24, 2.45) is 0 Å². The van der Waals surface area contributed by atoms with Crippen LogP contribution in [0.4, 0.5) is 4.39 Å². The Kier molecular flexibility index (Phi) is 5.28. The molecule has 0 aliphatic heterocycles. The van der Waals surface area contributed by atoms with Crippen LogP contribution in [-0.2, 0) is 11.2 Å². The highest BCUT2D eigenvalue weighted by Crippen LogP contribution is 2.14. The van der Waals surface area contributed by atoms with Gasteiger partial charge in [-0.2, -0.15) is 0 Å². The topological polar surface area (TPSA) is 41.1 Å². The molecular formula is C14H21FN2O. The Morgan fingerprint density at radius 1 is 1.39 bits per heavy atom. The average Bonchev–Trinajstić information content (AvgIpc) is 2.26. The monoisotopic (exact) mass is 252 g/mol. The largest absolute Gasteiger partial charge is 0.350 e. The minimum atomic E-state index is -0.291. The van der Waals surface area contributed by atoms with Crippen LogP contribution in [0.1, 0.15) is 25.8 Å². The van der Waals surface area contributed by atoms with Crippen LogP contribution in [0.2, 0.25) is 0 Å². The van der Waals surface area contributed by atoms with Gasteiger partial charge in [-0.3, -0.25) is 4.79 Å². The summed E-state index contributed by atoms with van der Waals surface area (Å²) in [4.78, 5) is 11.5. The van der Waals surface area contributed by atoms with Crippen molar-refractivity contribution in [1.82, 2.24) is 10.6 Å². The summed E-state index contributed by atoms with van der Waals surface area (Å²) < 4.78 is 13.0. The van der Waals surface area contributed by atoms with Gasteiger partial charge in [0.1, 0.15) is 5.82 Å². The first-order valence-corrected chi connectivity index (χ1v) is 6.13. The lowest BCUT2D eigenvalue weighted by molar-refractivity contribution is -0.121. The second-order valence-electron chi connectivity index (χ2n) is 5.09. The summed E-state index contributed by atoms with van der Waals surface area (Å²) in [7, 11) is 1.74. The molecule has 0 spiro atoms. The number of hydrogen-bond acceptors (Lipinski definition) is 2. The number of likely N-dealkylation sites (N-methyl/N-ethyl adjacent to an activating group) is 1. The van der Waals surface area contributed by atoms with Crippen molar-refractivity contribution in [2.75, 3.05) is 13.6 Å². The van der Waals surface area contributed by atoms with Crippen LogP contribution in [0.3, 0.4) is 0 Å². The zero-order chi connectivity index (χ0) is 13.6. The molecule has 1 rings (SSSR count). The zero-order valence-electron chi connectivity index (χ0n) is 11.2. The molecule has 0 saturated carbocycles. The van der Waals surface area contributed by atoms with Crippen molar-refractivity contribution in [2.45, 2.75) is 32.2 Å². The highest BCUT2D eigenvalue weighted by atomic mass is 19.1. The van der Waals surface area contributed by atoms with E-state index in [1.165, 1.54) is 12.1 Å². The fourth-order valence-corrected chi connectivity index (χ4v) is 1.79. The molecule has 0 aliphatic carbocycles. The molecule has 0 unspecified atom stereocenters. The predicted octanol–water partition coefficient (Wildman–Crippen LogP) is 1.87. The summed E-state index contributed by atoms with van der Waals surface area (Å²) in [5.41, 5.74) is 0.659. The summed E-state index contributed by atoms with van der Waals surface area (Å²) in [5.74, 6) is -0.244. The molecule has 1 aromatic rings. The van der Waals surface area contributed by atoms with E-state index in [0.717, 1.165) is 18.4 Å². The maximum atomic E-state index is 13.0. The molecule has 0 saturated heterocycles. The van der Waals surface area contributed by atoms with E-state index in [1.54, 1.807) is 13.1 Å². The van der Waals surface area contributed by atoms with Crippen LogP contribution in [0, 0.1) is 5.82 Å². The number of aryl methyl sites for hydroxylation is 1. The standard InChI is InChI=1S/C14H21FN2O/c1-14(2,17-13(18)10-16-3)8-7-11-5-4-6-12(15)9-11/h4-6,9,16H,7-8,10H2,1-3H3,(H,17,18). The van der Waals surface area contributed by atoms with Gasteiger partial charge in [-0.15, -0.1) is 0 Å². The van der Waals surface area contributed by atoms with Crippen molar-refractivity contribution in [3.63, 3.8) is 0 Å². The number of benzene rings is 1. The fraction of sp³-hybridized carbons (Fsp3) is 0.500. The molecule has 1 aromatic carbocycles. The molecule has 0 atom stereocenters. The van der Waals surface area contributed by atoms with Gasteiger partial charge in [0.25, 0.3) is 0 Å². The summed E-state index contributed by atoms with van der Waals surface area (Å²) in [5, 5.41) is 5.76. The lowest BCUT2D eigenvalue weighted by Crippen LogP contribution is -2.46. The number of hydrogen-bond donors (Lipinski definition) is 2. The molecule has 0 heterocycles. The quantitative estimate of drug-likeness (QED) is 0.811. The first-order chi connectivity index (χ1) is 8.43. The van der Waals surface area contributed by atoms with Gasteiger partial charge in [0.05, 0.1) is 6.54 Å². The second-order valence-corrected chi connectivity index (χ2v) is 5.09. The smallest absolute Gasteiger partial charge is 0.234 e. The second kappa shape index (κ2) is 6.50. The summed E-state index contributed by atoms with van der Waals surface area (Å²) in [6, 6.07) is 6.57. The Hall–Kier alpha value is -1.42. The van der Waals surface area contributed by atoms with E-state index >= 15 is 0 Å². The van der Waals surface area contributed by atoms with E-state index in [2.05, 4.69) is 10.6 Å². The Morgan fingerprint density at radius 3 is 2.72 bits per heavy atom. The number of amides is 1. The van der Waals surface area contributed by atoms with Crippen LogP contribution in [0.15, 0.2) is 24.3 Å². The minimum absolute atomic E-state index is 0.0262. The van der Waals surface area contributed by atoms with Gasteiger partial charge in [0.2, 0.25) is 5.91 Å². The molecule has 18 heavy (non-hydrogen) atoms. The number of nitrogens with one attached hydrogen (secondary N) is 2. The fourth-order valence-electron chi connectivity index (χ4n) is 1.79. The molecule has 4 heteroatoms.